The molecule has 0 amide bonds. The lowest BCUT2D eigenvalue weighted by Gasteiger charge is -2.31. The van der Waals surface area contributed by atoms with Crippen LogP contribution in [0.15, 0.2) is 11.6 Å². The molecule has 0 saturated heterocycles. The fourth-order valence-corrected chi connectivity index (χ4v) is 2.56. The molecule has 1 unspecified atom stereocenters. The second-order valence-electron chi connectivity index (χ2n) is 7.09. The molecule has 1 aliphatic carbocycles. The summed E-state index contributed by atoms with van der Waals surface area (Å²) in [6.45, 7) is 12.9. The van der Waals surface area contributed by atoms with Crippen LogP contribution in [0.1, 0.15) is 67.2 Å². The Morgan fingerprint density at radius 2 is 1.90 bits per heavy atom. The van der Waals surface area contributed by atoms with E-state index in [1.807, 2.05) is 13.8 Å². The molecule has 0 N–H and O–H groups in total. The average Bonchev–Trinajstić information content (AvgIpc) is 2.30. The second-order valence-corrected chi connectivity index (χ2v) is 7.09. The van der Waals surface area contributed by atoms with Crippen LogP contribution in [-0.2, 0) is 14.3 Å². The molecule has 0 bridgehead atoms. The van der Waals surface area contributed by atoms with Crippen LogP contribution in [0.4, 0.5) is 0 Å². The Hall–Kier alpha value is -0.830. The van der Waals surface area contributed by atoms with Crippen molar-refractivity contribution in [2.24, 2.45) is 11.8 Å². The monoisotopic (exact) mass is 296 g/mol. The minimum absolute atomic E-state index is 0.0507. The highest BCUT2D eigenvalue weighted by Crippen LogP contribution is 2.28. The molecule has 3 heteroatoms. The van der Waals surface area contributed by atoms with E-state index in [1.54, 1.807) is 0 Å². The summed E-state index contributed by atoms with van der Waals surface area (Å²) >= 11 is 0. The van der Waals surface area contributed by atoms with E-state index in [9.17, 15) is 4.79 Å². The summed E-state index contributed by atoms with van der Waals surface area (Å²) in [6, 6.07) is 0. The van der Waals surface area contributed by atoms with Crippen LogP contribution in [0.3, 0.4) is 0 Å². The molecule has 0 heterocycles. The molecule has 0 aromatic heterocycles. The van der Waals surface area contributed by atoms with E-state index in [0.29, 0.717) is 12.5 Å². The van der Waals surface area contributed by atoms with Gasteiger partial charge < -0.3 is 9.47 Å². The van der Waals surface area contributed by atoms with Gasteiger partial charge in [0.25, 0.3) is 0 Å². The number of hydrogen-bond acceptors (Lipinski definition) is 3. The molecule has 1 aliphatic rings. The number of esters is 1. The second kappa shape index (κ2) is 7.98. The molecular weight excluding hydrogens is 264 g/mol. The highest BCUT2D eigenvalue weighted by atomic mass is 16.6. The number of carbonyl (C=O) groups excluding carboxylic acids is 1. The quantitative estimate of drug-likeness (QED) is 0.488. The van der Waals surface area contributed by atoms with Gasteiger partial charge in [0, 0.05) is 0 Å². The molecule has 0 aromatic rings. The van der Waals surface area contributed by atoms with E-state index in [4.69, 9.17) is 9.47 Å². The number of allylic oxidation sites excluding steroid dienone is 1. The smallest absolute Gasteiger partial charge is 0.309 e. The zero-order valence-corrected chi connectivity index (χ0v) is 14.6. The van der Waals surface area contributed by atoms with E-state index in [-0.39, 0.29) is 18.0 Å². The van der Waals surface area contributed by atoms with Crippen LogP contribution in [-0.4, -0.2) is 24.3 Å². The first-order valence-corrected chi connectivity index (χ1v) is 8.30. The summed E-state index contributed by atoms with van der Waals surface area (Å²) in [5, 5.41) is 0. The van der Waals surface area contributed by atoms with Gasteiger partial charge >= 0.3 is 5.97 Å². The van der Waals surface area contributed by atoms with Crippen molar-refractivity contribution in [3.05, 3.63) is 11.6 Å². The van der Waals surface area contributed by atoms with Crippen molar-refractivity contribution in [3.63, 3.8) is 0 Å². The third-order valence-electron chi connectivity index (χ3n) is 3.97. The molecule has 21 heavy (non-hydrogen) atoms. The third-order valence-corrected chi connectivity index (χ3v) is 3.97. The van der Waals surface area contributed by atoms with Crippen molar-refractivity contribution in [3.8, 4) is 0 Å². The van der Waals surface area contributed by atoms with Crippen LogP contribution in [0.25, 0.3) is 0 Å². The summed E-state index contributed by atoms with van der Waals surface area (Å²) in [6.07, 6.45) is 6.41. The van der Waals surface area contributed by atoms with Crippen LogP contribution < -0.4 is 0 Å². The van der Waals surface area contributed by atoms with E-state index in [0.717, 1.165) is 25.7 Å². The lowest BCUT2D eigenvalue weighted by atomic mass is 9.86. The normalized spacial score (nSPS) is 18.5. The molecular formula is C18H32O3. The van der Waals surface area contributed by atoms with E-state index in [1.165, 1.54) is 5.57 Å². The molecule has 1 saturated carbocycles. The summed E-state index contributed by atoms with van der Waals surface area (Å²) in [5.41, 5.74) is 0.854. The third kappa shape index (κ3) is 6.21. The fourth-order valence-electron chi connectivity index (χ4n) is 2.56. The molecule has 0 aromatic carbocycles. The highest BCUT2D eigenvalue weighted by Gasteiger charge is 2.30. The van der Waals surface area contributed by atoms with Crippen LogP contribution in [0, 0.1) is 11.8 Å². The van der Waals surface area contributed by atoms with Crippen LogP contribution in [0.5, 0.6) is 0 Å². The van der Waals surface area contributed by atoms with Crippen molar-refractivity contribution < 1.29 is 14.3 Å². The average molecular weight is 296 g/mol. The molecule has 1 fully saturated rings. The van der Waals surface area contributed by atoms with Crippen molar-refractivity contribution >= 4 is 5.97 Å². The molecule has 0 radical (unpaired) electrons. The van der Waals surface area contributed by atoms with Gasteiger partial charge in [0.1, 0.15) is 6.61 Å². The van der Waals surface area contributed by atoms with Crippen molar-refractivity contribution in [1.29, 1.82) is 0 Å². The van der Waals surface area contributed by atoms with Gasteiger partial charge in [-0.2, -0.15) is 0 Å². The zero-order valence-electron chi connectivity index (χ0n) is 14.6. The maximum atomic E-state index is 11.8. The Morgan fingerprint density at radius 3 is 2.33 bits per heavy atom. The summed E-state index contributed by atoms with van der Waals surface area (Å²) in [7, 11) is 0. The van der Waals surface area contributed by atoms with Crippen molar-refractivity contribution in [2.75, 3.05) is 6.61 Å². The molecule has 1 rings (SSSR count). The van der Waals surface area contributed by atoms with Gasteiger partial charge in [0.05, 0.1) is 17.6 Å². The lowest BCUT2D eigenvalue weighted by molar-refractivity contribution is -0.163. The van der Waals surface area contributed by atoms with Gasteiger partial charge in [0.2, 0.25) is 0 Å². The Kier molecular flexibility index (Phi) is 6.92. The Morgan fingerprint density at radius 1 is 1.29 bits per heavy atom. The number of rotatable bonds is 8. The number of hydrogen-bond donors (Lipinski definition) is 0. The Bertz CT molecular complexity index is 365. The van der Waals surface area contributed by atoms with E-state index >= 15 is 0 Å². The minimum Gasteiger partial charge on any atom is -0.462 e. The molecule has 0 spiro atoms. The molecule has 0 aliphatic heterocycles. The lowest BCUT2D eigenvalue weighted by Crippen LogP contribution is -2.37. The maximum absolute atomic E-state index is 11.8. The number of ether oxygens (including phenoxy) is 2. The van der Waals surface area contributed by atoms with E-state index < -0.39 is 5.60 Å². The fraction of sp³-hybridized carbons (Fsp3) is 0.833. The minimum atomic E-state index is -0.454. The molecule has 1 atom stereocenters. The van der Waals surface area contributed by atoms with Crippen LogP contribution in [0.2, 0.25) is 0 Å². The Balaban J connectivity index is 2.47. The van der Waals surface area contributed by atoms with Crippen molar-refractivity contribution in [1.82, 2.24) is 0 Å². The first kappa shape index (κ1) is 18.2. The highest BCUT2D eigenvalue weighted by molar-refractivity contribution is 5.73. The molecule has 122 valence electrons. The maximum Gasteiger partial charge on any atom is 0.309 e. The summed E-state index contributed by atoms with van der Waals surface area (Å²) in [5.74, 6) is 0.592. The largest absolute Gasteiger partial charge is 0.462 e. The predicted octanol–water partition coefficient (Wildman–Crippen LogP) is 4.51. The topological polar surface area (TPSA) is 35.5 Å². The Labute approximate surface area is 130 Å². The van der Waals surface area contributed by atoms with E-state index in [2.05, 4.69) is 33.8 Å². The standard InChI is InChI=1S/C18H32O3/c1-7-15(11-13(2)3)14(4)21-18(5,6)12-20-17(19)16-9-8-10-16/h11,13-14,16H,7-10,12H2,1-6H3/b15-11+. The van der Waals surface area contributed by atoms with Gasteiger partial charge in [-0.15, -0.1) is 0 Å². The summed E-state index contributed by atoms with van der Waals surface area (Å²) < 4.78 is 11.6. The van der Waals surface area contributed by atoms with Gasteiger partial charge in [0.15, 0.2) is 0 Å². The summed E-state index contributed by atoms with van der Waals surface area (Å²) in [4.78, 5) is 11.8. The van der Waals surface area contributed by atoms with Gasteiger partial charge in [-0.1, -0.05) is 33.3 Å². The first-order valence-electron chi connectivity index (χ1n) is 8.30. The van der Waals surface area contributed by atoms with Crippen molar-refractivity contribution in [2.45, 2.75) is 78.9 Å². The van der Waals surface area contributed by atoms with Gasteiger partial charge in [-0.05, 0) is 51.5 Å². The molecule has 3 nitrogen and oxygen atoms in total. The van der Waals surface area contributed by atoms with Crippen LogP contribution >= 0.6 is 0 Å². The SMILES string of the molecule is CC/C(=C\C(C)C)C(C)OC(C)(C)COC(=O)C1CCC1. The first-order chi connectivity index (χ1) is 9.75. The zero-order chi connectivity index (χ0) is 16.0. The van der Waals surface area contributed by atoms with Gasteiger partial charge in [-0.3, -0.25) is 4.79 Å². The number of carbonyl (C=O) groups is 1. The van der Waals surface area contributed by atoms with Gasteiger partial charge in [-0.25, -0.2) is 0 Å². The predicted molar refractivity (Wildman–Crippen MR) is 86.1 cm³/mol.